The maximum Gasteiger partial charge on any atom is 0.115 e. The minimum absolute atomic E-state index is 0.203. The molecule has 1 saturated carbocycles. The van der Waals surface area contributed by atoms with Crippen LogP contribution in [0.3, 0.4) is 0 Å². The second-order valence-corrected chi connectivity index (χ2v) is 5.92. The number of nitrogens with one attached hydrogen (secondary N) is 1. The summed E-state index contributed by atoms with van der Waals surface area (Å²) in [5, 5.41) is 3.66. The molecular formula is C17H29N3O. The van der Waals surface area contributed by atoms with E-state index in [2.05, 4.69) is 29.1 Å². The first-order chi connectivity index (χ1) is 10.4. The fourth-order valence-electron chi connectivity index (χ4n) is 3.35. The van der Waals surface area contributed by atoms with Crippen molar-refractivity contribution in [3.8, 4) is 0 Å². The van der Waals surface area contributed by atoms with Crippen molar-refractivity contribution in [2.45, 2.75) is 64.5 Å². The van der Waals surface area contributed by atoms with Crippen LogP contribution in [0.1, 0.15) is 64.0 Å². The Kier molecular flexibility index (Phi) is 7.10. The van der Waals surface area contributed by atoms with Crippen LogP contribution in [-0.2, 0) is 4.74 Å². The molecule has 1 N–H and O–H groups in total. The highest BCUT2D eigenvalue weighted by Gasteiger charge is 2.32. The van der Waals surface area contributed by atoms with E-state index < -0.39 is 0 Å². The Morgan fingerprint density at radius 1 is 1.19 bits per heavy atom. The number of hydrogen-bond acceptors (Lipinski definition) is 4. The van der Waals surface area contributed by atoms with Crippen LogP contribution >= 0.6 is 0 Å². The topological polar surface area (TPSA) is 47.0 Å². The minimum Gasteiger partial charge on any atom is -0.376 e. The van der Waals surface area contributed by atoms with Gasteiger partial charge in [-0.15, -0.1) is 0 Å². The van der Waals surface area contributed by atoms with Crippen LogP contribution in [-0.4, -0.2) is 29.2 Å². The molecule has 1 aliphatic rings. The molecule has 118 valence electrons. The van der Waals surface area contributed by atoms with Gasteiger partial charge in [0.1, 0.15) is 6.33 Å². The Morgan fingerprint density at radius 3 is 2.52 bits per heavy atom. The van der Waals surface area contributed by atoms with E-state index in [4.69, 9.17) is 4.74 Å². The van der Waals surface area contributed by atoms with Crippen LogP contribution in [0, 0.1) is 5.92 Å². The van der Waals surface area contributed by atoms with Crippen LogP contribution < -0.4 is 5.32 Å². The predicted octanol–water partition coefficient (Wildman–Crippen LogP) is 3.50. The summed E-state index contributed by atoms with van der Waals surface area (Å²) in [4.78, 5) is 8.39. The van der Waals surface area contributed by atoms with Gasteiger partial charge in [0.25, 0.3) is 0 Å². The van der Waals surface area contributed by atoms with Gasteiger partial charge in [-0.1, -0.05) is 26.2 Å². The van der Waals surface area contributed by atoms with Crippen molar-refractivity contribution in [2.75, 3.05) is 13.2 Å². The number of ether oxygens (including phenoxy) is 1. The molecule has 0 spiro atoms. The molecule has 1 aromatic heterocycles. The minimum atomic E-state index is 0.203. The Balaban J connectivity index is 2.17. The summed E-state index contributed by atoms with van der Waals surface area (Å²) in [6.07, 6.45) is 13.4. The summed E-state index contributed by atoms with van der Waals surface area (Å²) >= 11 is 0. The summed E-state index contributed by atoms with van der Waals surface area (Å²) < 4.78 is 6.18. The zero-order chi connectivity index (χ0) is 14.9. The van der Waals surface area contributed by atoms with Gasteiger partial charge >= 0.3 is 0 Å². The third kappa shape index (κ3) is 4.75. The van der Waals surface area contributed by atoms with Crippen LogP contribution in [0.5, 0.6) is 0 Å². The standard InChI is InChI=1S/C17H29N3O/c1-3-10-20-16(15-11-18-13-19-12-15)17(21-4-2)14-8-6-5-7-9-14/h11-14,16-17,20H,3-10H2,1-2H3. The normalized spacial score (nSPS) is 19.3. The quantitative estimate of drug-likeness (QED) is 0.796. The zero-order valence-corrected chi connectivity index (χ0v) is 13.4. The lowest BCUT2D eigenvalue weighted by Crippen LogP contribution is -2.40. The maximum atomic E-state index is 6.18. The summed E-state index contributed by atoms with van der Waals surface area (Å²) in [5.74, 6) is 0.647. The first kappa shape index (κ1) is 16.4. The molecule has 4 nitrogen and oxygen atoms in total. The van der Waals surface area contributed by atoms with Crippen molar-refractivity contribution < 1.29 is 4.74 Å². The average Bonchev–Trinajstić information content (AvgIpc) is 2.56. The zero-order valence-electron chi connectivity index (χ0n) is 13.4. The van der Waals surface area contributed by atoms with E-state index in [0.29, 0.717) is 5.92 Å². The molecule has 4 heteroatoms. The largest absolute Gasteiger partial charge is 0.376 e. The molecule has 2 atom stereocenters. The molecular weight excluding hydrogens is 262 g/mol. The first-order valence-electron chi connectivity index (χ1n) is 8.46. The molecule has 0 aliphatic heterocycles. The molecule has 2 unspecified atom stereocenters. The van der Waals surface area contributed by atoms with E-state index in [1.54, 1.807) is 6.33 Å². The van der Waals surface area contributed by atoms with Gasteiger partial charge in [-0.25, -0.2) is 9.97 Å². The number of hydrogen-bond donors (Lipinski definition) is 1. The molecule has 1 aliphatic carbocycles. The van der Waals surface area contributed by atoms with E-state index in [1.807, 2.05) is 12.4 Å². The highest BCUT2D eigenvalue weighted by Crippen LogP contribution is 2.34. The molecule has 1 fully saturated rings. The van der Waals surface area contributed by atoms with Crippen LogP contribution in [0.2, 0.25) is 0 Å². The smallest absolute Gasteiger partial charge is 0.115 e. The fourth-order valence-corrected chi connectivity index (χ4v) is 3.35. The molecule has 0 amide bonds. The predicted molar refractivity (Wildman–Crippen MR) is 85.1 cm³/mol. The number of nitrogens with zero attached hydrogens (tertiary/aromatic N) is 2. The van der Waals surface area contributed by atoms with Gasteiger partial charge < -0.3 is 10.1 Å². The Labute approximate surface area is 128 Å². The third-order valence-electron chi connectivity index (χ3n) is 4.36. The molecule has 0 radical (unpaired) electrons. The summed E-state index contributed by atoms with van der Waals surface area (Å²) in [6, 6.07) is 0.203. The van der Waals surface area contributed by atoms with Gasteiger partial charge in [-0.3, -0.25) is 0 Å². The van der Waals surface area contributed by atoms with Crippen molar-refractivity contribution in [3.05, 3.63) is 24.3 Å². The van der Waals surface area contributed by atoms with Gasteiger partial charge in [-0.2, -0.15) is 0 Å². The Morgan fingerprint density at radius 2 is 1.90 bits per heavy atom. The second-order valence-electron chi connectivity index (χ2n) is 5.92. The average molecular weight is 291 g/mol. The molecule has 2 rings (SSSR count). The fraction of sp³-hybridized carbons (Fsp3) is 0.765. The third-order valence-corrected chi connectivity index (χ3v) is 4.36. The van der Waals surface area contributed by atoms with Gasteiger partial charge in [-0.05, 0) is 38.6 Å². The van der Waals surface area contributed by atoms with E-state index in [9.17, 15) is 0 Å². The monoisotopic (exact) mass is 291 g/mol. The SMILES string of the molecule is CCCNC(c1cncnc1)C(OCC)C1CCCCC1. The summed E-state index contributed by atoms with van der Waals surface area (Å²) in [7, 11) is 0. The number of aromatic nitrogens is 2. The van der Waals surface area contributed by atoms with Crippen molar-refractivity contribution in [2.24, 2.45) is 5.92 Å². The Hall–Kier alpha value is -1.00. The molecule has 1 aromatic rings. The summed E-state index contributed by atoms with van der Waals surface area (Å²) in [6.45, 7) is 6.05. The van der Waals surface area contributed by atoms with E-state index >= 15 is 0 Å². The van der Waals surface area contributed by atoms with Crippen molar-refractivity contribution >= 4 is 0 Å². The number of rotatable bonds is 8. The van der Waals surface area contributed by atoms with Gasteiger partial charge in [0.2, 0.25) is 0 Å². The lowest BCUT2D eigenvalue weighted by molar-refractivity contribution is -0.0184. The molecule has 21 heavy (non-hydrogen) atoms. The molecule has 0 aromatic carbocycles. The lowest BCUT2D eigenvalue weighted by Gasteiger charge is -2.36. The van der Waals surface area contributed by atoms with Crippen LogP contribution in [0.15, 0.2) is 18.7 Å². The van der Waals surface area contributed by atoms with Gasteiger partial charge in [0.15, 0.2) is 0 Å². The maximum absolute atomic E-state index is 6.18. The molecule has 0 bridgehead atoms. The van der Waals surface area contributed by atoms with Crippen LogP contribution in [0.25, 0.3) is 0 Å². The second kappa shape index (κ2) is 9.11. The Bertz CT molecular complexity index is 379. The highest BCUT2D eigenvalue weighted by molar-refractivity contribution is 5.12. The van der Waals surface area contributed by atoms with Gasteiger partial charge in [0.05, 0.1) is 12.1 Å². The molecule has 1 heterocycles. The lowest BCUT2D eigenvalue weighted by atomic mass is 9.81. The van der Waals surface area contributed by atoms with E-state index in [0.717, 1.165) is 25.1 Å². The van der Waals surface area contributed by atoms with Crippen LogP contribution in [0.4, 0.5) is 0 Å². The first-order valence-corrected chi connectivity index (χ1v) is 8.46. The van der Waals surface area contributed by atoms with Crippen molar-refractivity contribution in [1.29, 1.82) is 0 Å². The van der Waals surface area contributed by atoms with Gasteiger partial charge in [0, 0.05) is 24.6 Å². The molecule has 0 saturated heterocycles. The highest BCUT2D eigenvalue weighted by atomic mass is 16.5. The summed E-state index contributed by atoms with van der Waals surface area (Å²) in [5.41, 5.74) is 1.15. The van der Waals surface area contributed by atoms with E-state index in [-0.39, 0.29) is 12.1 Å². The van der Waals surface area contributed by atoms with E-state index in [1.165, 1.54) is 32.1 Å². The van der Waals surface area contributed by atoms with Crippen molar-refractivity contribution in [1.82, 2.24) is 15.3 Å². The van der Waals surface area contributed by atoms with Crippen molar-refractivity contribution in [3.63, 3.8) is 0 Å².